The first kappa shape index (κ1) is 18.6. The van der Waals surface area contributed by atoms with Crippen molar-refractivity contribution < 1.29 is 18.1 Å². The lowest BCUT2D eigenvalue weighted by Gasteiger charge is -2.36. The molecule has 134 valence electrons. The first-order valence-corrected chi connectivity index (χ1v) is 9.29. The molecular formula is C15H23N3O5S. The molecule has 0 aliphatic carbocycles. The van der Waals surface area contributed by atoms with E-state index in [2.05, 4.69) is 4.72 Å². The number of hydrogen-bond donors (Lipinski definition) is 1. The standard InChI is InChI=1S/C15H23N3O5S/c1-10(2)16-24(21,22)13-5-6-14(15(7-13)18(19)20)17-8-11(3)23-12(4)9-17/h5-7,10-12,16H,8-9H2,1-4H3/t11-,12-/m1/s1. The van der Waals surface area contributed by atoms with Crippen molar-refractivity contribution in [3.63, 3.8) is 0 Å². The van der Waals surface area contributed by atoms with Crippen LogP contribution in [0.15, 0.2) is 23.1 Å². The highest BCUT2D eigenvalue weighted by atomic mass is 32.2. The molecule has 0 unspecified atom stereocenters. The van der Waals surface area contributed by atoms with E-state index in [0.717, 1.165) is 6.07 Å². The smallest absolute Gasteiger partial charge is 0.293 e. The molecule has 1 aliphatic rings. The normalized spacial score (nSPS) is 22.0. The number of nitrogens with one attached hydrogen (secondary N) is 1. The number of sulfonamides is 1. The van der Waals surface area contributed by atoms with Gasteiger partial charge in [0.25, 0.3) is 5.69 Å². The highest BCUT2D eigenvalue weighted by Crippen LogP contribution is 2.32. The number of nitro groups is 1. The summed E-state index contributed by atoms with van der Waals surface area (Å²) in [5, 5.41) is 11.5. The average Bonchev–Trinajstić information content (AvgIpc) is 2.44. The molecular weight excluding hydrogens is 334 g/mol. The quantitative estimate of drug-likeness (QED) is 0.638. The third kappa shape index (κ3) is 4.22. The summed E-state index contributed by atoms with van der Waals surface area (Å²) in [5.74, 6) is 0. The minimum atomic E-state index is -3.78. The molecule has 2 rings (SSSR count). The molecule has 8 nitrogen and oxygen atoms in total. The highest BCUT2D eigenvalue weighted by Gasteiger charge is 2.29. The molecule has 1 aromatic carbocycles. The largest absolute Gasteiger partial charge is 0.372 e. The van der Waals surface area contributed by atoms with Crippen molar-refractivity contribution >= 4 is 21.4 Å². The van der Waals surface area contributed by atoms with Gasteiger partial charge in [0.15, 0.2) is 0 Å². The number of ether oxygens (including phenoxy) is 1. The number of nitro benzene ring substituents is 1. The topological polar surface area (TPSA) is 102 Å². The maximum Gasteiger partial charge on any atom is 0.293 e. The summed E-state index contributed by atoms with van der Waals surface area (Å²) in [4.78, 5) is 12.7. The van der Waals surface area contributed by atoms with E-state index < -0.39 is 14.9 Å². The zero-order valence-electron chi connectivity index (χ0n) is 14.2. The number of hydrogen-bond acceptors (Lipinski definition) is 6. The fourth-order valence-electron chi connectivity index (χ4n) is 2.84. The van der Waals surface area contributed by atoms with E-state index in [0.29, 0.717) is 18.8 Å². The maximum atomic E-state index is 12.2. The first-order chi connectivity index (χ1) is 11.1. The second-order valence-corrected chi connectivity index (χ2v) is 8.06. The molecule has 1 fully saturated rings. The molecule has 1 aliphatic heterocycles. The summed E-state index contributed by atoms with van der Waals surface area (Å²) < 4.78 is 32.6. The molecule has 0 spiro atoms. The van der Waals surface area contributed by atoms with E-state index in [1.54, 1.807) is 13.8 Å². The summed E-state index contributed by atoms with van der Waals surface area (Å²) in [7, 11) is -3.78. The molecule has 24 heavy (non-hydrogen) atoms. The Labute approximate surface area is 142 Å². The van der Waals surface area contributed by atoms with E-state index in [1.165, 1.54) is 12.1 Å². The van der Waals surface area contributed by atoms with Gasteiger partial charge in [-0.25, -0.2) is 13.1 Å². The number of anilines is 1. The Morgan fingerprint density at radius 3 is 2.38 bits per heavy atom. The monoisotopic (exact) mass is 357 g/mol. The number of nitrogens with zero attached hydrogens (tertiary/aromatic N) is 2. The van der Waals surface area contributed by atoms with Crippen LogP contribution in [-0.4, -0.2) is 44.7 Å². The van der Waals surface area contributed by atoms with Gasteiger partial charge in [0.1, 0.15) is 5.69 Å². The molecule has 0 saturated carbocycles. The van der Waals surface area contributed by atoms with Crippen molar-refractivity contribution in [1.29, 1.82) is 0 Å². The lowest BCUT2D eigenvalue weighted by molar-refractivity contribution is -0.384. The van der Waals surface area contributed by atoms with E-state index in [-0.39, 0.29) is 28.8 Å². The van der Waals surface area contributed by atoms with E-state index >= 15 is 0 Å². The number of morpholine rings is 1. The fraction of sp³-hybridized carbons (Fsp3) is 0.600. The van der Waals surface area contributed by atoms with Crippen LogP contribution in [0.2, 0.25) is 0 Å². The van der Waals surface area contributed by atoms with Crippen molar-refractivity contribution in [2.24, 2.45) is 0 Å². The van der Waals surface area contributed by atoms with Crippen LogP contribution < -0.4 is 9.62 Å². The van der Waals surface area contributed by atoms with Crippen LogP contribution >= 0.6 is 0 Å². The molecule has 1 heterocycles. The van der Waals surface area contributed by atoms with Gasteiger partial charge in [-0.3, -0.25) is 10.1 Å². The van der Waals surface area contributed by atoms with Crippen LogP contribution in [0.4, 0.5) is 11.4 Å². The van der Waals surface area contributed by atoms with Crippen molar-refractivity contribution in [1.82, 2.24) is 4.72 Å². The summed E-state index contributed by atoms with van der Waals surface area (Å²) >= 11 is 0. The van der Waals surface area contributed by atoms with Crippen LogP contribution in [0.3, 0.4) is 0 Å². The van der Waals surface area contributed by atoms with Gasteiger partial charge in [0, 0.05) is 25.2 Å². The van der Waals surface area contributed by atoms with Gasteiger partial charge < -0.3 is 9.64 Å². The zero-order chi connectivity index (χ0) is 18.1. The molecule has 2 atom stereocenters. The van der Waals surface area contributed by atoms with Crippen LogP contribution in [0, 0.1) is 10.1 Å². The van der Waals surface area contributed by atoms with Gasteiger partial charge >= 0.3 is 0 Å². The van der Waals surface area contributed by atoms with Crippen molar-refractivity contribution in [3.8, 4) is 0 Å². The summed E-state index contributed by atoms with van der Waals surface area (Å²) in [6.45, 7) is 8.22. The first-order valence-electron chi connectivity index (χ1n) is 7.81. The van der Waals surface area contributed by atoms with Gasteiger partial charge in [-0.05, 0) is 39.8 Å². The van der Waals surface area contributed by atoms with Gasteiger partial charge in [-0.1, -0.05) is 0 Å². The third-order valence-corrected chi connectivity index (χ3v) is 5.26. The molecule has 0 amide bonds. The van der Waals surface area contributed by atoms with Crippen molar-refractivity contribution in [2.45, 2.75) is 50.8 Å². The fourth-order valence-corrected chi connectivity index (χ4v) is 4.11. The minimum absolute atomic E-state index is 0.0561. The Hall–Kier alpha value is -1.71. The van der Waals surface area contributed by atoms with Crippen LogP contribution in [0.1, 0.15) is 27.7 Å². The summed E-state index contributed by atoms with van der Waals surface area (Å²) in [5.41, 5.74) is 0.188. The van der Waals surface area contributed by atoms with Gasteiger partial charge in [-0.15, -0.1) is 0 Å². The Morgan fingerprint density at radius 2 is 1.88 bits per heavy atom. The highest BCUT2D eigenvalue weighted by molar-refractivity contribution is 7.89. The SMILES string of the molecule is CC(C)NS(=O)(=O)c1ccc(N2C[C@@H](C)O[C@H](C)C2)c([N+](=O)[O-])c1. The average molecular weight is 357 g/mol. The van der Waals surface area contributed by atoms with Gasteiger partial charge in [-0.2, -0.15) is 0 Å². The zero-order valence-corrected chi connectivity index (χ0v) is 15.0. The van der Waals surface area contributed by atoms with Gasteiger partial charge in [0.05, 0.1) is 22.0 Å². The molecule has 0 radical (unpaired) electrons. The summed E-state index contributed by atoms with van der Waals surface area (Å²) in [6, 6.07) is 3.72. The Morgan fingerprint density at radius 1 is 1.29 bits per heavy atom. The van der Waals surface area contributed by atoms with E-state index in [1.807, 2.05) is 18.7 Å². The van der Waals surface area contributed by atoms with Crippen LogP contribution in [0.25, 0.3) is 0 Å². The number of benzene rings is 1. The third-order valence-electron chi connectivity index (χ3n) is 3.61. The van der Waals surface area contributed by atoms with Crippen LogP contribution in [-0.2, 0) is 14.8 Å². The van der Waals surface area contributed by atoms with Crippen molar-refractivity contribution in [3.05, 3.63) is 28.3 Å². The maximum absolute atomic E-state index is 12.2. The molecule has 9 heteroatoms. The summed E-state index contributed by atoms with van der Waals surface area (Å²) in [6.07, 6.45) is -0.112. The Bertz CT molecular complexity index is 710. The van der Waals surface area contributed by atoms with Gasteiger partial charge in [0.2, 0.25) is 10.0 Å². The Balaban J connectivity index is 2.43. The second kappa shape index (κ2) is 7.04. The lowest BCUT2D eigenvalue weighted by atomic mass is 10.2. The van der Waals surface area contributed by atoms with Crippen molar-refractivity contribution in [2.75, 3.05) is 18.0 Å². The predicted molar refractivity (Wildman–Crippen MR) is 90.8 cm³/mol. The molecule has 0 bridgehead atoms. The predicted octanol–water partition coefficient (Wildman–Crippen LogP) is 1.90. The molecule has 1 N–H and O–H groups in total. The lowest BCUT2D eigenvalue weighted by Crippen LogP contribution is -2.45. The van der Waals surface area contributed by atoms with Crippen LogP contribution in [0.5, 0.6) is 0 Å². The molecule has 1 saturated heterocycles. The Kier molecular flexibility index (Phi) is 5.46. The minimum Gasteiger partial charge on any atom is -0.372 e. The number of rotatable bonds is 5. The molecule has 0 aromatic heterocycles. The van der Waals surface area contributed by atoms with E-state index in [9.17, 15) is 18.5 Å². The molecule has 1 aromatic rings. The van der Waals surface area contributed by atoms with E-state index in [4.69, 9.17) is 4.74 Å². The second-order valence-electron chi connectivity index (χ2n) is 6.35.